The molecule has 2 N–H and O–H groups in total. The lowest BCUT2D eigenvalue weighted by molar-refractivity contribution is -0.384. The largest absolute Gasteiger partial charge is 0.495 e. The fraction of sp³-hybridized carbons (Fsp3) is 0.0667. The Balaban J connectivity index is 2.15. The molecule has 7 nitrogen and oxygen atoms in total. The fourth-order valence-electron chi connectivity index (χ4n) is 1.88. The van der Waals surface area contributed by atoms with Gasteiger partial charge in [0.1, 0.15) is 5.75 Å². The highest BCUT2D eigenvalue weighted by Crippen LogP contribution is 2.28. The maximum Gasteiger partial charge on any atom is 0.271 e. The molecule has 0 bridgehead atoms. The summed E-state index contributed by atoms with van der Waals surface area (Å²) in [6, 6.07) is 10.5. The molecular formula is C15H12ClN3O4S. The number of hydrogen-bond donors (Lipinski definition) is 2. The van der Waals surface area contributed by atoms with Gasteiger partial charge in [-0.15, -0.1) is 0 Å². The molecule has 24 heavy (non-hydrogen) atoms. The molecule has 0 fully saturated rings. The van der Waals surface area contributed by atoms with Gasteiger partial charge in [-0.3, -0.25) is 20.2 Å². The summed E-state index contributed by atoms with van der Waals surface area (Å²) in [5.41, 5.74) is 0.379. The quantitative estimate of drug-likeness (QED) is 0.490. The van der Waals surface area contributed by atoms with Crippen LogP contribution in [0.1, 0.15) is 10.4 Å². The number of rotatable bonds is 4. The zero-order valence-electron chi connectivity index (χ0n) is 12.4. The highest BCUT2D eigenvalue weighted by atomic mass is 35.5. The van der Waals surface area contributed by atoms with E-state index in [1.807, 2.05) is 0 Å². The van der Waals surface area contributed by atoms with E-state index < -0.39 is 10.8 Å². The summed E-state index contributed by atoms with van der Waals surface area (Å²) in [7, 11) is 1.41. The van der Waals surface area contributed by atoms with Crippen LogP contribution in [0.25, 0.3) is 0 Å². The lowest BCUT2D eigenvalue weighted by Crippen LogP contribution is -2.34. The van der Waals surface area contributed by atoms with Crippen molar-refractivity contribution in [3.63, 3.8) is 0 Å². The Kier molecular flexibility index (Phi) is 5.67. The van der Waals surface area contributed by atoms with Gasteiger partial charge in [-0.1, -0.05) is 23.7 Å². The summed E-state index contributed by atoms with van der Waals surface area (Å²) in [4.78, 5) is 22.4. The van der Waals surface area contributed by atoms with Gasteiger partial charge in [0.15, 0.2) is 5.11 Å². The maximum absolute atomic E-state index is 12.1. The van der Waals surface area contributed by atoms with Crippen LogP contribution in [0, 0.1) is 10.1 Å². The molecule has 0 radical (unpaired) electrons. The first-order valence-corrected chi connectivity index (χ1v) is 7.40. The molecule has 0 saturated carbocycles. The highest BCUT2D eigenvalue weighted by molar-refractivity contribution is 7.80. The second kappa shape index (κ2) is 7.71. The lowest BCUT2D eigenvalue weighted by atomic mass is 10.2. The van der Waals surface area contributed by atoms with Crippen LogP contribution in [-0.2, 0) is 0 Å². The number of hydrogen-bond acceptors (Lipinski definition) is 5. The molecule has 0 aromatic heterocycles. The van der Waals surface area contributed by atoms with Gasteiger partial charge >= 0.3 is 0 Å². The van der Waals surface area contributed by atoms with Gasteiger partial charge in [-0.2, -0.15) is 0 Å². The van der Waals surface area contributed by atoms with E-state index in [1.54, 1.807) is 24.3 Å². The molecule has 124 valence electrons. The summed E-state index contributed by atoms with van der Waals surface area (Å²) in [6.07, 6.45) is 0. The number of anilines is 1. The molecule has 0 atom stereocenters. The third kappa shape index (κ3) is 4.18. The number of amides is 1. The summed E-state index contributed by atoms with van der Waals surface area (Å²) in [5, 5.41) is 16.3. The molecule has 1 amide bonds. The zero-order chi connectivity index (χ0) is 17.7. The van der Waals surface area contributed by atoms with Crippen molar-refractivity contribution in [2.75, 3.05) is 12.4 Å². The molecule has 0 aliphatic heterocycles. The van der Waals surface area contributed by atoms with Crippen LogP contribution < -0.4 is 15.4 Å². The number of benzene rings is 2. The van der Waals surface area contributed by atoms with Crippen LogP contribution in [0.3, 0.4) is 0 Å². The molecule has 2 rings (SSSR count). The van der Waals surface area contributed by atoms with Crippen molar-refractivity contribution in [3.8, 4) is 5.75 Å². The van der Waals surface area contributed by atoms with Gasteiger partial charge in [-0.25, -0.2) is 0 Å². The Morgan fingerprint density at radius 3 is 2.62 bits per heavy atom. The Labute approximate surface area is 147 Å². The minimum atomic E-state index is -0.546. The van der Waals surface area contributed by atoms with E-state index in [0.29, 0.717) is 5.75 Å². The van der Waals surface area contributed by atoms with Crippen molar-refractivity contribution in [2.45, 2.75) is 0 Å². The summed E-state index contributed by atoms with van der Waals surface area (Å²) in [5.74, 6) is -0.155. The number of thiocarbonyl (C=S) groups is 1. The van der Waals surface area contributed by atoms with E-state index in [9.17, 15) is 14.9 Å². The van der Waals surface area contributed by atoms with Crippen LogP contribution in [0.2, 0.25) is 5.02 Å². The average molecular weight is 366 g/mol. The molecule has 9 heteroatoms. The van der Waals surface area contributed by atoms with E-state index in [0.717, 1.165) is 0 Å². The number of carbonyl (C=O) groups is 1. The third-order valence-corrected chi connectivity index (χ3v) is 3.52. The molecule has 0 spiro atoms. The molecule has 2 aromatic carbocycles. The summed E-state index contributed by atoms with van der Waals surface area (Å²) in [6.45, 7) is 0. The van der Waals surface area contributed by atoms with E-state index >= 15 is 0 Å². The van der Waals surface area contributed by atoms with Crippen molar-refractivity contribution >= 4 is 46.2 Å². The normalized spacial score (nSPS) is 9.92. The first kappa shape index (κ1) is 17.6. The van der Waals surface area contributed by atoms with Gasteiger partial charge in [-0.05, 0) is 30.4 Å². The van der Waals surface area contributed by atoms with E-state index in [2.05, 4.69) is 10.6 Å². The minimum Gasteiger partial charge on any atom is -0.495 e. The summed E-state index contributed by atoms with van der Waals surface area (Å²) < 4.78 is 5.11. The first-order chi connectivity index (χ1) is 11.4. The highest BCUT2D eigenvalue weighted by Gasteiger charge is 2.15. The maximum atomic E-state index is 12.1. The van der Waals surface area contributed by atoms with Crippen molar-refractivity contribution in [1.82, 2.24) is 5.32 Å². The smallest absolute Gasteiger partial charge is 0.271 e. The van der Waals surface area contributed by atoms with Crippen molar-refractivity contribution in [2.24, 2.45) is 0 Å². The molecule has 0 heterocycles. The van der Waals surface area contributed by atoms with Gasteiger partial charge in [0.05, 0.1) is 28.3 Å². The number of nitro groups is 1. The number of halogens is 1. The standard InChI is InChI=1S/C15H12ClN3O4S/c1-23-13-7-6-9(19(21)22)8-12(13)17-15(24)18-14(20)10-4-2-3-5-11(10)16/h2-8H,1H3,(H2,17,18,20,24). The van der Waals surface area contributed by atoms with E-state index in [4.69, 9.17) is 28.6 Å². The number of nitrogens with zero attached hydrogens (tertiary/aromatic N) is 1. The second-order valence-corrected chi connectivity index (χ2v) is 5.35. The predicted octanol–water partition coefficient (Wildman–Crippen LogP) is 3.38. The summed E-state index contributed by atoms with van der Waals surface area (Å²) >= 11 is 11.0. The number of nitrogens with one attached hydrogen (secondary N) is 2. The van der Waals surface area contributed by atoms with Crippen molar-refractivity contribution < 1.29 is 14.5 Å². The average Bonchev–Trinajstić information content (AvgIpc) is 2.54. The van der Waals surface area contributed by atoms with Gasteiger partial charge in [0.25, 0.3) is 11.6 Å². The van der Waals surface area contributed by atoms with Crippen molar-refractivity contribution in [3.05, 3.63) is 63.2 Å². The van der Waals surface area contributed by atoms with Crippen molar-refractivity contribution in [1.29, 1.82) is 0 Å². The molecule has 0 saturated heterocycles. The third-order valence-electron chi connectivity index (χ3n) is 2.99. The Morgan fingerprint density at radius 2 is 2.00 bits per heavy atom. The molecule has 0 aliphatic rings. The molecule has 0 aliphatic carbocycles. The SMILES string of the molecule is COc1ccc([N+](=O)[O-])cc1NC(=S)NC(=O)c1ccccc1Cl. The van der Waals surface area contributed by atoms with E-state index in [1.165, 1.54) is 25.3 Å². The van der Waals surface area contributed by atoms with Gasteiger partial charge in [0.2, 0.25) is 0 Å². The minimum absolute atomic E-state index is 0.0429. The van der Waals surface area contributed by atoms with Crippen LogP contribution in [-0.4, -0.2) is 23.1 Å². The lowest BCUT2D eigenvalue weighted by Gasteiger charge is -2.13. The first-order valence-electron chi connectivity index (χ1n) is 6.61. The monoisotopic (exact) mass is 365 g/mol. The Morgan fingerprint density at radius 1 is 1.29 bits per heavy atom. The molecule has 2 aromatic rings. The van der Waals surface area contributed by atoms with Crippen LogP contribution in [0.5, 0.6) is 5.75 Å². The number of carbonyl (C=O) groups excluding carboxylic acids is 1. The van der Waals surface area contributed by atoms with Gasteiger partial charge in [0, 0.05) is 12.1 Å². The Hall–Kier alpha value is -2.71. The van der Waals surface area contributed by atoms with E-state index in [-0.39, 0.29) is 27.1 Å². The number of nitro benzene ring substituents is 1. The van der Waals surface area contributed by atoms with Gasteiger partial charge < -0.3 is 10.1 Å². The topological polar surface area (TPSA) is 93.5 Å². The zero-order valence-corrected chi connectivity index (χ0v) is 14.0. The molecular weight excluding hydrogens is 354 g/mol. The number of non-ortho nitro benzene ring substituents is 1. The number of ether oxygens (including phenoxy) is 1. The number of methoxy groups -OCH3 is 1. The van der Waals surface area contributed by atoms with Crippen LogP contribution in [0.15, 0.2) is 42.5 Å². The molecule has 0 unspecified atom stereocenters. The fourth-order valence-corrected chi connectivity index (χ4v) is 2.30. The predicted molar refractivity (Wildman–Crippen MR) is 94.8 cm³/mol. The second-order valence-electron chi connectivity index (χ2n) is 4.53. The van der Waals surface area contributed by atoms with Crippen LogP contribution in [0.4, 0.5) is 11.4 Å². The van der Waals surface area contributed by atoms with Crippen LogP contribution >= 0.6 is 23.8 Å². The Bertz CT molecular complexity index is 813.